The Labute approximate surface area is 112 Å². The van der Waals surface area contributed by atoms with E-state index in [1.165, 1.54) is 14.0 Å². The molecule has 1 heterocycles. The van der Waals surface area contributed by atoms with Crippen LogP contribution in [0.5, 0.6) is 0 Å². The van der Waals surface area contributed by atoms with Crippen molar-refractivity contribution in [2.45, 2.75) is 44.9 Å². The summed E-state index contributed by atoms with van der Waals surface area (Å²) in [5.41, 5.74) is 0.774. The lowest BCUT2D eigenvalue weighted by Gasteiger charge is -2.27. The minimum absolute atomic E-state index is 0.204. The summed E-state index contributed by atoms with van der Waals surface area (Å²) in [6.45, 7) is 3.93. The Morgan fingerprint density at radius 3 is 2.68 bits per heavy atom. The number of carbonyl (C=O) groups is 2. The summed E-state index contributed by atoms with van der Waals surface area (Å²) in [4.78, 5) is 28.9. The lowest BCUT2D eigenvalue weighted by molar-refractivity contribution is -0.204. The Morgan fingerprint density at radius 2 is 2.16 bits per heavy atom. The molecule has 1 aliphatic heterocycles. The van der Waals surface area contributed by atoms with Crippen LogP contribution in [0, 0.1) is 0 Å². The molecule has 7 heteroatoms. The third kappa shape index (κ3) is 4.15. The predicted octanol–water partition coefficient (Wildman–Crippen LogP) is 0.102. The van der Waals surface area contributed by atoms with Gasteiger partial charge >= 0.3 is 5.97 Å². The Hall–Kier alpha value is -1.18. The van der Waals surface area contributed by atoms with Gasteiger partial charge in [-0.25, -0.2) is 15.1 Å². The molecular weight excluding hydrogens is 252 g/mol. The van der Waals surface area contributed by atoms with E-state index >= 15 is 0 Å². The fourth-order valence-corrected chi connectivity index (χ4v) is 1.61. The van der Waals surface area contributed by atoms with Crippen LogP contribution < -0.4 is 10.8 Å². The van der Waals surface area contributed by atoms with Gasteiger partial charge in [0.15, 0.2) is 11.8 Å². The average Bonchev–Trinajstić information content (AvgIpc) is 2.45. The van der Waals surface area contributed by atoms with Crippen LogP contribution in [0.2, 0.25) is 0 Å². The highest BCUT2D eigenvalue weighted by molar-refractivity contribution is 6.06. The Bertz CT molecular complexity index is 317. The SMILES string of the molecule is CCOC(=O)C(C)(NC)C(=O)NOC1CCCCO1. The highest BCUT2D eigenvalue weighted by Crippen LogP contribution is 2.13. The number of nitrogens with one attached hydrogen (secondary N) is 2. The fraction of sp³-hybridized carbons (Fsp3) is 0.833. The van der Waals surface area contributed by atoms with Gasteiger partial charge in [-0.1, -0.05) is 0 Å². The predicted molar refractivity (Wildman–Crippen MR) is 66.9 cm³/mol. The molecule has 0 radical (unpaired) electrons. The van der Waals surface area contributed by atoms with E-state index in [0.717, 1.165) is 19.3 Å². The van der Waals surface area contributed by atoms with Crippen LogP contribution in [0.1, 0.15) is 33.1 Å². The number of ether oxygens (including phenoxy) is 2. The van der Waals surface area contributed by atoms with Crippen molar-refractivity contribution in [3.63, 3.8) is 0 Å². The Balaban J connectivity index is 2.50. The number of hydrogen-bond acceptors (Lipinski definition) is 6. The van der Waals surface area contributed by atoms with Crippen LogP contribution in [-0.2, 0) is 23.9 Å². The van der Waals surface area contributed by atoms with Gasteiger partial charge in [-0.3, -0.25) is 10.1 Å². The smallest absolute Gasteiger partial charge is 0.335 e. The number of hydroxylamine groups is 1. The zero-order valence-electron chi connectivity index (χ0n) is 11.7. The van der Waals surface area contributed by atoms with Gasteiger partial charge in [-0.15, -0.1) is 0 Å². The summed E-state index contributed by atoms with van der Waals surface area (Å²) < 4.78 is 10.2. The molecule has 1 amide bonds. The Morgan fingerprint density at radius 1 is 1.42 bits per heavy atom. The van der Waals surface area contributed by atoms with Crippen LogP contribution in [0.25, 0.3) is 0 Å². The van der Waals surface area contributed by atoms with Crippen molar-refractivity contribution in [1.82, 2.24) is 10.8 Å². The molecule has 0 bridgehead atoms. The van der Waals surface area contributed by atoms with E-state index in [4.69, 9.17) is 14.3 Å². The first kappa shape index (κ1) is 15.9. The third-order valence-electron chi connectivity index (χ3n) is 3.06. The lowest BCUT2D eigenvalue weighted by Crippen LogP contribution is -2.60. The maximum absolute atomic E-state index is 12.0. The Kier molecular flexibility index (Phi) is 6.20. The normalized spacial score (nSPS) is 22.4. The zero-order valence-corrected chi connectivity index (χ0v) is 11.7. The molecule has 110 valence electrons. The van der Waals surface area contributed by atoms with Crippen LogP contribution in [0.15, 0.2) is 0 Å². The van der Waals surface area contributed by atoms with Gasteiger partial charge in [0.05, 0.1) is 6.61 Å². The fourth-order valence-electron chi connectivity index (χ4n) is 1.61. The molecule has 7 nitrogen and oxygen atoms in total. The largest absolute Gasteiger partial charge is 0.464 e. The van der Waals surface area contributed by atoms with Gasteiger partial charge in [-0.2, -0.15) is 0 Å². The van der Waals surface area contributed by atoms with E-state index in [0.29, 0.717) is 6.61 Å². The van der Waals surface area contributed by atoms with Crippen LogP contribution in [-0.4, -0.2) is 44.0 Å². The van der Waals surface area contributed by atoms with E-state index in [1.807, 2.05) is 0 Å². The van der Waals surface area contributed by atoms with Crippen LogP contribution in [0.3, 0.4) is 0 Å². The minimum Gasteiger partial charge on any atom is -0.464 e. The molecule has 1 fully saturated rings. The van der Waals surface area contributed by atoms with Crippen molar-refractivity contribution in [3.8, 4) is 0 Å². The summed E-state index contributed by atoms with van der Waals surface area (Å²) in [5.74, 6) is -1.26. The van der Waals surface area contributed by atoms with Crippen molar-refractivity contribution in [3.05, 3.63) is 0 Å². The molecule has 0 spiro atoms. The van der Waals surface area contributed by atoms with E-state index in [9.17, 15) is 9.59 Å². The summed E-state index contributed by atoms with van der Waals surface area (Å²) in [6, 6.07) is 0. The van der Waals surface area contributed by atoms with Crippen molar-refractivity contribution in [2.24, 2.45) is 0 Å². The maximum Gasteiger partial charge on any atom is 0.335 e. The summed E-state index contributed by atoms with van der Waals surface area (Å²) in [6.07, 6.45) is 2.24. The first-order chi connectivity index (χ1) is 9.04. The molecule has 1 rings (SSSR count). The number of esters is 1. The number of amides is 1. The quantitative estimate of drug-likeness (QED) is 0.406. The number of carbonyl (C=O) groups excluding carboxylic acids is 2. The molecule has 0 aromatic heterocycles. The zero-order chi connectivity index (χ0) is 14.3. The number of likely N-dealkylation sites (N-methyl/N-ethyl adjacent to an activating group) is 1. The molecule has 1 aliphatic rings. The third-order valence-corrected chi connectivity index (χ3v) is 3.06. The first-order valence-electron chi connectivity index (χ1n) is 6.48. The lowest BCUT2D eigenvalue weighted by atomic mass is 10.0. The standard InChI is InChI=1S/C12H22N2O5/c1-4-17-11(16)12(2,13-3)10(15)14-19-9-7-5-6-8-18-9/h9,13H,4-8H2,1-3H3,(H,14,15). The van der Waals surface area contributed by atoms with E-state index in [2.05, 4.69) is 10.8 Å². The van der Waals surface area contributed by atoms with Crippen molar-refractivity contribution >= 4 is 11.9 Å². The molecule has 0 aliphatic carbocycles. The van der Waals surface area contributed by atoms with Gasteiger partial charge in [-0.05, 0) is 33.7 Å². The van der Waals surface area contributed by atoms with Crippen LogP contribution >= 0.6 is 0 Å². The molecule has 0 saturated carbocycles. The van der Waals surface area contributed by atoms with Crippen LogP contribution in [0.4, 0.5) is 0 Å². The van der Waals surface area contributed by atoms with Gasteiger partial charge in [0.1, 0.15) is 0 Å². The highest BCUT2D eigenvalue weighted by Gasteiger charge is 2.42. The first-order valence-corrected chi connectivity index (χ1v) is 6.48. The monoisotopic (exact) mass is 274 g/mol. The average molecular weight is 274 g/mol. The van der Waals surface area contributed by atoms with Gasteiger partial charge in [0.25, 0.3) is 5.91 Å². The summed E-state index contributed by atoms with van der Waals surface area (Å²) >= 11 is 0. The van der Waals surface area contributed by atoms with E-state index in [1.54, 1.807) is 6.92 Å². The topological polar surface area (TPSA) is 85.9 Å². The summed E-state index contributed by atoms with van der Waals surface area (Å²) in [7, 11) is 1.51. The summed E-state index contributed by atoms with van der Waals surface area (Å²) in [5, 5.41) is 2.64. The second kappa shape index (κ2) is 7.42. The van der Waals surface area contributed by atoms with Crippen molar-refractivity contribution in [1.29, 1.82) is 0 Å². The molecule has 1 saturated heterocycles. The van der Waals surface area contributed by atoms with E-state index in [-0.39, 0.29) is 6.61 Å². The molecule has 0 aromatic rings. The molecular formula is C12H22N2O5. The van der Waals surface area contributed by atoms with Gasteiger partial charge in [0.2, 0.25) is 0 Å². The second-order valence-corrected chi connectivity index (χ2v) is 4.44. The van der Waals surface area contributed by atoms with Gasteiger partial charge < -0.3 is 9.47 Å². The van der Waals surface area contributed by atoms with Crippen molar-refractivity contribution < 1.29 is 23.9 Å². The molecule has 2 N–H and O–H groups in total. The number of rotatable bonds is 6. The molecule has 2 atom stereocenters. The van der Waals surface area contributed by atoms with Gasteiger partial charge in [0, 0.05) is 13.0 Å². The molecule has 0 aromatic carbocycles. The van der Waals surface area contributed by atoms with E-state index < -0.39 is 23.7 Å². The van der Waals surface area contributed by atoms with Crippen molar-refractivity contribution in [2.75, 3.05) is 20.3 Å². The molecule has 19 heavy (non-hydrogen) atoms. The molecule has 2 unspecified atom stereocenters. The number of hydrogen-bond donors (Lipinski definition) is 2. The highest BCUT2D eigenvalue weighted by atomic mass is 16.8. The maximum atomic E-state index is 12.0. The second-order valence-electron chi connectivity index (χ2n) is 4.44. The minimum atomic E-state index is -1.48.